The van der Waals surface area contributed by atoms with Crippen LogP contribution in [0.3, 0.4) is 0 Å². The third-order valence-electron chi connectivity index (χ3n) is 3.68. The Labute approximate surface area is 135 Å². The molecule has 2 heterocycles. The van der Waals surface area contributed by atoms with Crippen molar-refractivity contribution in [2.45, 2.75) is 0 Å². The average molecular weight is 358 g/mol. The first-order chi connectivity index (χ1) is 10.7. The molecule has 0 aliphatic carbocycles. The zero-order valence-corrected chi connectivity index (χ0v) is 13.2. The summed E-state index contributed by atoms with van der Waals surface area (Å²) < 4.78 is 12.2. The number of halogens is 1. The maximum absolute atomic E-state index is 12.8. The number of rotatable bonds is 1. The van der Waals surface area contributed by atoms with E-state index in [4.69, 9.17) is 9.15 Å². The third kappa shape index (κ3) is 2.09. The Morgan fingerprint density at radius 3 is 2.86 bits per heavy atom. The Morgan fingerprint density at radius 1 is 1.14 bits per heavy atom. The fourth-order valence-corrected chi connectivity index (χ4v) is 3.11. The first-order valence-electron chi connectivity index (χ1n) is 6.96. The van der Waals surface area contributed by atoms with Gasteiger partial charge in [-0.05, 0) is 40.2 Å². The molecule has 2 aromatic carbocycles. The first kappa shape index (κ1) is 13.4. The van der Waals surface area contributed by atoms with Crippen molar-refractivity contribution < 1.29 is 13.9 Å². The Hall–Kier alpha value is -2.27. The van der Waals surface area contributed by atoms with E-state index in [-0.39, 0.29) is 5.91 Å². The molecule has 1 aromatic heterocycles. The molecule has 110 valence electrons. The van der Waals surface area contributed by atoms with E-state index in [0.717, 1.165) is 21.3 Å². The monoisotopic (exact) mass is 357 g/mol. The van der Waals surface area contributed by atoms with Crippen LogP contribution in [0.25, 0.3) is 11.0 Å². The number of ether oxygens (including phenoxy) is 1. The van der Waals surface area contributed by atoms with Gasteiger partial charge in [-0.2, -0.15) is 0 Å². The molecule has 0 unspecified atom stereocenters. The summed E-state index contributed by atoms with van der Waals surface area (Å²) in [5, 5.41) is 0.902. The Balaban J connectivity index is 1.77. The molecule has 0 N–H and O–H groups in total. The zero-order valence-electron chi connectivity index (χ0n) is 11.6. The molecule has 1 amide bonds. The fraction of sp³-hybridized carbons (Fsp3) is 0.118. The Morgan fingerprint density at radius 2 is 2.00 bits per heavy atom. The van der Waals surface area contributed by atoms with Crippen LogP contribution in [-0.2, 0) is 0 Å². The predicted molar refractivity (Wildman–Crippen MR) is 87.5 cm³/mol. The number of furan rings is 1. The highest BCUT2D eigenvalue weighted by Gasteiger charge is 2.26. The lowest BCUT2D eigenvalue weighted by molar-refractivity contribution is 0.0952. The molecule has 1 aliphatic rings. The number of benzene rings is 2. The molecule has 22 heavy (non-hydrogen) atoms. The normalized spacial score (nSPS) is 13.8. The fourth-order valence-electron chi connectivity index (χ4n) is 2.65. The number of para-hydroxylation sites is 3. The summed E-state index contributed by atoms with van der Waals surface area (Å²) in [7, 11) is 0. The van der Waals surface area contributed by atoms with Crippen LogP contribution in [0.2, 0.25) is 0 Å². The van der Waals surface area contributed by atoms with Gasteiger partial charge in [0.15, 0.2) is 5.76 Å². The maximum atomic E-state index is 12.8. The molecule has 4 nitrogen and oxygen atoms in total. The minimum atomic E-state index is -0.154. The van der Waals surface area contributed by atoms with Gasteiger partial charge in [-0.15, -0.1) is 0 Å². The van der Waals surface area contributed by atoms with E-state index in [0.29, 0.717) is 24.5 Å². The molecule has 0 saturated heterocycles. The second-order valence-corrected chi connectivity index (χ2v) is 5.90. The molecule has 0 atom stereocenters. The quantitative estimate of drug-likeness (QED) is 0.654. The minimum absolute atomic E-state index is 0.154. The van der Waals surface area contributed by atoms with E-state index in [9.17, 15) is 4.79 Å². The molecule has 0 fully saturated rings. The predicted octanol–water partition coefficient (Wildman–Crippen LogP) is 4.23. The van der Waals surface area contributed by atoms with Crippen molar-refractivity contribution in [1.29, 1.82) is 0 Å². The van der Waals surface area contributed by atoms with Crippen LogP contribution in [-0.4, -0.2) is 19.1 Å². The number of hydrogen-bond acceptors (Lipinski definition) is 3. The van der Waals surface area contributed by atoms with E-state index >= 15 is 0 Å². The van der Waals surface area contributed by atoms with Crippen molar-refractivity contribution in [3.05, 3.63) is 58.8 Å². The third-order valence-corrected chi connectivity index (χ3v) is 4.30. The minimum Gasteiger partial charge on any atom is -0.490 e. The number of amides is 1. The van der Waals surface area contributed by atoms with E-state index in [2.05, 4.69) is 15.9 Å². The summed E-state index contributed by atoms with van der Waals surface area (Å²) in [6, 6.07) is 15.0. The molecular formula is C17H12BrNO3. The Kier molecular flexibility index (Phi) is 3.15. The number of anilines is 1. The van der Waals surface area contributed by atoms with Gasteiger partial charge in [0.25, 0.3) is 5.91 Å². The van der Waals surface area contributed by atoms with Gasteiger partial charge in [0.2, 0.25) is 0 Å². The lowest BCUT2D eigenvalue weighted by Gasteiger charge is -2.28. The number of hydrogen-bond donors (Lipinski definition) is 0. The second kappa shape index (κ2) is 5.18. The molecule has 3 aromatic rings. The van der Waals surface area contributed by atoms with Crippen LogP contribution in [0.15, 0.2) is 57.4 Å². The summed E-state index contributed by atoms with van der Waals surface area (Å²) in [4.78, 5) is 14.5. The highest BCUT2D eigenvalue weighted by Crippen LogP contribution is 2.33. The molecule has 4 rings (SSSR count). The number of fused-ring (bicyclic) bond motifs is 2. The summed E-state index contributed by atoms with van der Waals surface area (Å²) in [6.07, 6.45) is 0. The summed E-state index contributed by atoms with van der Waals surface area (Å²) in [5.74, 6) is 0.900. The largest absolute Gasteiger partial charge is 0.490 e. The standard InChI is InChI=1S/C17H12BrNO3/c18-12-5-3-4-11-10-15(22-16(11)12)17(20)19-8-9-21-14-7-2-1-6-13(14)19/h1-7,10H,8-9H2. The van der Waals surface area contributed by atoms with Crippen LogP contribution >= 0.6 is 15.9 Å². The van der Waals surface area contributed by atoms with Gasteiger partial charge in [0.1, 0.15) is 17.9 Å². The van der Waals surface area contributed by atoms with Crippen LogP contribution < -0.4 is 9.64 Å². The van der Waals surface area contributed by atoms with Gasteiger partial charge < -0.3 is 9.15 Å². The van der Waals surface area contributed by atoms with Gasteiger partial charge >= 0.3 is 0 Å². The number of nitrogens with zero attached hydrogens (tertiary/aromatic N) is 1. The number of carbonyl (C=O) groups is 1. The van der Waals surface area contributed by atoms with Crippen LogP contribution in [0, 0.1) is 0 Å². The van der Waals surface area contributed by atoms with Crippen molar-refractivity contribution in [2.24, 2.45) is 0 Å². The number of carbonyl (C=O) groups excluding carboxylic acids is 1. The lowest BCUT2D eigenvalue weighted by atomic mass is 10.2. The van der Waals surface area contributed by atoms with Gasteiger partial charge in [0, 0.05) is 5.39 Å². The maximum Gasteiger partial charge on any atom is 0.294 e. The van der Waals surface area contributed by atoms with Crippen LogP contribution in [0.1, 0.15) is 10.6 Å². The molecule has 0 saturated carbocycles. The highest BCUT2D eigenvalue weighted by atomic mass is 79.9. The Bertz CT molecular complexity index is 871. The first-order valence-corrected chi connectivity index (χ1v) is 7.75. The van der Waals surface area contributed by atoms with Crippen LogP contribution in [0.4, 0.5) is 5.69 Å². The topological polar surface area (TPSA) is 42.7 Å². The zero-order chi connectivity index (χ0) is 15.1. The smallest absolute Gasteiger partial charge is 0.294 e. The highest BCUT2D eigenvalue weighted by molar-refractivity contribution is 9.10. The summed E-state index contributed by atoms with van der Waals surface area (Å²) in [6.45, 7) is 0.987. The van der Waals surface area contributed by atoms with Gasteiger partial charge in [0.05, 0.1) is 16.7 Å². The van der Waals surface area contributed by atoms with E-state index in [1.54, 1.807) is 11.0 Å². The van der Waals surface area contributed by atoms with E-state index < -0.39 is 0 Å². The van der Waals surface area contributed by atoms with E-state index in [1.807, 2.05) is 42.5 Å². The van der Waals surface area contributed by atoms with Crippen molar-refractivity contribution in [3.63, 3.8) is 0 Å². The molecule has 0 bridgehead atoms. The van der Waals surface area contributed by atoms with Crippen molar-refractivity contribution in [2.75, 3.05) is 18.1 Å². The van der Waals surface area contributed by atoms with Crippen molar-refractivity contribution in [1.82, 2.24) is 0 Å². The second-order valence-electron chi connectivity index (χ2n) is 5.04. The molecule has 0 radical (unpaired) electrons. The van der Waals surface area contributed by atoms with Crippen molar-refractivity contribution >= 4 is 38.5 Å². The van der Waals surface area contributed by atoms with Gasteiger partial charge in [-0.25, -0.2) is 0 Å². The molecule has 5 heteroatoms. The molecule has 1 aliphatic heterocycles. The van der Waals surface area contributed by atoms with Gasteiger partial charge in [-0.3, -0.25) is 9.69 Å². The summed E-state index contributed by atoms with van der Waals surface area (Å²) in [5.41, 5.74) is 1.46. The van der Waals surface area contributed by atoms with Gasteiger partial charge in [-0.1, -0.05) is 24.3 Å². The molecular weight excluding hydrogens is 346 g/mol. The molecule has 0 spiro atoms. The summed E-state index contributed by atoms with van der Waals surface area (Å²) >= 11 is 3.44. The van der Waals surface area contributed by atoms with Crippen molar-refractivity contribution in [3.8, 4) is 5.75 Å². The van der Waals surface area contributed by atoms with Crippen LogP contribution in [0.5, 0.6) is 5.75 Å². The SMILES string of the molecule is O=C(c1cc2cccc(Br)c2o1)N1CCOc2ccccc21. The average Bonchev–Trinajstić information content (AvgIpc) is 2.99. The lowest BCUT2D eigenvalue weighted by Crippen LogP contribution is -2.37. The van der Waals surface area contributed by atoms with E-state index in [1.165, 1.54) is 0 Å².